The zero-order valence-electron chi connectivity index (χ0n) is 2.79. The molecule has 0 amide bonds. The second-order valence-electron chi connectivity index (χ2n) is 0.689. The van der Waals surface area contributed by atoms with Crippen LogP contribution in [0.5, 0.6) is 0 Å². The molecule has 0 aromatic carbocycles. The van der Waals surface area contributed by atoms with Gasteiger partial charge in [0.2, 0.25) is 0 Å². The quantitative estimate of drug-likeness (QED) is 0.340. The standard InChI is InChI=1S/C2H4Cl.K/c1-2-3;/h1-2H2;. The van der Waals surface area contributed by atoms with Gasteiger partial charge in [-0.25, -0.2) is 0 Å². The second kappa shape index (κ2) is 4.93. The van der Waals surface area contributed by atoms with Crippen molar-refractivity contribution in [2.24, 2.45) is 0 Å². The Balaban J connectivity index is 1.97. The van der Waals surface area contributed by atoms with Gasteiger partial charge in [-0.15, -0.1) is 0 Å². The van der Waals surface area contributed by atoms with Gasteiger partial charge in [0.15, 0.2) is 0 Å². The molecule has 0 spiro atoms. The van der Waals surface area contributed by atoms with E-state index in [0.717, 1.165) is 54.8 Å². The summed E-state index contributed by atoms with van der Waals surface area (Å²) in [6, 6.07) is 0. The van der Waals surface area contributed by atoms with Crippen molar-refractivity contribution in [1.29, 1.82) is 0 Å². The molecule has 0 N–H and O–H groups in total. The molecule has 20 valence electrons. The van der Waals surface area contributed by atoms with Gasteiger partial charge in [0.1, 0.15) is 0 Å². The molecule has 0 saturated heterocycles. The van der Waals surface area contributed by atoms with Crippen LogP contribution in [0.25, 0.3) is 0 Å². The number of hydrogen-bond donors (Lipinski definition) is 0. The third-order valence-electron chi connectivity index (χ3n) is 0.189. The van der Waals surface area contributed by atoms with Crippen molar-refractivity contribution in [3.63, 3.8) is 0 Å². The van der Waals surface area contributed by atoms with E-state index in [9.17, 15) is 0 Å². The molecule has 0 fully saturated rings. The maximum absolute atomic E-state index is 5.23. The van der Waals surface area contributed by atoms with Crippen LogP contribution in [0.2, 0.25) is 0.515 Å². The van der Waals surface area contributed by atoms with Crippen molar-refractivity contribution < 1.29 is 0 Å². The zero-order valence-corrected chi connectivity index (χ0v) is 6.67. The van der Waals surface area contributed by atoms with Crippen LogP contribution in [0.15, 0.2) is 0 Å². The maximum atomic E-state index is 5.23. The molecule has 0 radical (unpaired) electrons. The first-order valence-electron chi connectivity index (χ1n) is 1.47. The van der Waals surface area contributed by atoms with Crippen LogP contribution in [-0.2, 0) is 0 Å². The van der Waals surface area contributed by atoms with Gasteiger partial charge >= 0.3 is 67.0 Å². The Bertz CT molecular complexity index is 8.00. The molecule has 0 heterocycles. The summed E-state index contributed by atoms with van der Waals surface area (Å²) in [5.41, 5.74) is 0. The first kappa shape index (κ1) is 5.93. The number of halogens is 1. The van der Waals surface area contributed by atoms with E-state index in [1.165, 1.54) is 0.515 Å². The van der Waals surface area contributed by atoms with Crippen molar-refractivity contribution in [2.45, 2.75) is 0.515 Å². The molecule has 0 atom stereocenters. The molecule has 2 heteroatoms. The Kier molecular flexibility index (Phi) is 7.30. The zero-order chi connectivity index (χ0) is 3.41. The van der Waals surface area contributed by atoms with Gasteiger partial charge in [-0.3, -0.25) is 0 Å². The van der Waals surface area contributed by atoms with Crippen LogP contribution in [0.1, 0.15) is 0 Å². The fourth-order valence-electron chi connectivity index (χ4n) is 0. The summed E-state index contributed by atoms with van der Waals surface area (Å²) < 4.78 is 1.27. The summed E-state index contributed by atoms with van der Waals surface area (Å²) in [4.78, 5) is 0. The third-order valence-corrected chi connectivity index (χ3v) is 2.34. The van der Waals surface area contributed by atoms with Gasteiger partial charge < -0.3 is 0 Å². The predicted molar refractivity (Wildman–Crippen MR) is 21.3 cm³/mol. The van der Waals surface area contributed by atoms with Gasteiger partial charge in [-0.05, 0) is 0 Å². The number of hydrogen-bond acceptors (Lipinski definition) is 0. The van der Waals surface area contributed by atoms with Crippen molar-refractivity contribution in [2.75, 3.05) is 5.88 Å². The van der Waals surface area contributed by atoms with E-state index in [-0.39, 0.29) is 0 Å². The topological polar surface area (TPSA) is 0 Å². The molecular weight excluding hydrogens is 98.6 g/mol. The van der Waals surface area contributed by atoms with Crippen molar-refractivity contribution in [3.8, 4) is 0 Å². The van der Waals surface area contributed by atoms with Gasteiger partial charge in [0, 0.05) is 0 Å². The van der Waals surface area contributed by atoms with Crippen LogP contribution in [-0.4, -0.2) is 54.8 Å². The van der Waals surface area contributed by atoms with Gasteiger partial charge in [0.05, 0.1) is 0 Å². The first-order valence-corrected chi connectivity index (χ1v) is 4.22. The third kappa shape index (κ3) is 3.93. The van der Waals surface area contributed by atoms with E-state index in [1.54, 1.807) is 0 Å². The Morgan fingerprint density at radius 3 is 2.00 bits per heavy atom. The van der Waals surface area contributed by atoms with E-state index in [2.05, 4.69) is 0 Å². The van der Waals surface area contributed by atoms with Crippen molar-refractivity contribution in [1.82, 2.24) is 0 Å². The molecule has 0 aromatic rings. The van der Waals surface area contributed by atoms with Crippen LogP contribution in [0.3, 0.4) is 0 Å². The minimum absolute atomic E-state index is 0.875. The summed E-state index contributed by atoms with van der Waals surface area (Å²) in [5.74, 6) is 0.875. The summed E-state index contributed by atoms with van der Waals surface area (Å²) in [5, 5.41) is 0. The van der Waals surface area contributed by atoms with E-state index in [4.69, 9.17) is 11.6 Å². The normalized spacial score (nSPS) is 7.75. The van der Waals surface area contributed by atoms with Gasteiger partial charge in [-0.2, -0.15) is 0 Å². The van der Waals surface area contributed by atoms with Crippen molar-refractivity contribution >= 4 is 60.6 Å². The van der Waals surface area contributed by atoms with Crippen LogP contribution < -0.4 is 0 Å². The molecule has 0 unspecified atom stereocenters. The molecule has 0 aliphatic heterocycles. The summed E-state index contributed by atoms with van der Waals surface area (Å²) in [7, 11) is 0. The Hall–Kier alpha value is 1.93. The molecule has 0 nitrogen and oxygen atoms in total. The van der Waals surface area contributed by atoms with Crippen LogP contribution in [0.4, 0.5) is 0 Å². The molecule has 0 aliphatic rings. The van der Waals surface area contributed by atoms with E-state index in [1.807, 2.05) is 0 Å². The van der Waals surface area contributed by atoms with Gasteiger partial charge in [-0.1, -0.05) is 0 Å². The Labute approximate surface area is 65.5 Å². The molecule has 0 rings (SSSR count). The fourth-order valence-corrected chi connectivity index (χ4v) is 0. The minimum atomic E-state index is 0.875. The van der Waals surface area contributed by atoms with E-state index < -0.39 is 0 Å². The average Bonchev–Trinajstić information content (AvgIpc) is 1.37. The molecule has 0 saturated carbocycles. The SMILES string of the molecule is ClC[CH2][K]. The van der Waals surface area contributed by atoms with E-state index >= 15 is 0 Å². The monoisotopic (exact) mass is 102 g/mol. The summed E-state index contributed by atoms with van der Waals surface area (Å²) in [6.45, 7) is 0. The summed E-state index contributed by atoms with van der Waals surface area (Å²) in [6.07, 6.45) is 0. The van der Waals surface area contributed by atoms with E-state index in [0.29, 0.717) is 0 Å². The second-order valence-corrected chi connectivity index (χ2v) is 2.63. The van der Waals surface area contributed by atoms with Gasteiger partial charge in [0.25, 0.3) is 0 Å². The first-order chi connectivity index (χ1) is 1.91. The molecular formula is C2H4ClK. The number of alkyl halides is 1. The average molecular weight is 103 g/mol. The van der Waals surface area contributed by atoms with Crippen LogP contribution >= 0.6 is 11.6 Å². The fraction of sp³-hybridized carbons (Fsp3) is 1.00. The van der Waals surface area contributed by atoms with Crippen molar-refractivity contribution in [3.05, 3.63) is 0 Å². The van der Waals surface area contributed by atoms with Crippen LogP contribution in [0, 0.1) is 0 Å². The summed E-state index contributed by atoms with van der Waals surface area (Å²) >= 11 is 6.21. The number of rotatable bonds is 1. The Morgan fingerprint density at radius 1 is 1.75 bits per heavy atom. The molecule has 0 aliphatic carbocycles. The predicted octanol–water partition coefficient (Wildman–Crippen LogP) is 0.812. The molecule has 0 aromatic heterocycles. The Morgan fingerprint density at radius 2 is 2.00 bits per heavy atom. The molecule has 0 bridgehead atoms. The molecule has 4 heavy (non-hydrogen) atoms.